The van der Waals surface area contributed by atoms with Crippen molar-refractivity contribution in [2.24, 2.45) is 5.92 Å². The maximum Gasteiger partial charge on any atom is 0.282 e. The number of nitrogens with zero attached hydrogens (tertiary/aromatic N) is 2. The Balaban J connectivity index is 1.67. The molecule has 3 heterocycles. The number of thiophene rings is 1. The molecule has 0 N–H and O–H groups in total. The molecule has 4 rings (SSSR count). The van der Waals surface area contributed by atoms with Gasteiger partial charge in [0.05, 0.1) is 11.3 Å². The van der Waals surface area contributed by atoms with Crippen LogP contribution in [0.2, 0.25) is 0 Å². The molecule has 0 aliphatic carbocycles. The van der Waals surface area contributed by atoms with Crippen molar-refractivity contribution in [2.45, 2.75) is 46.0 Å². The first-order valence-electron chi connectivity index (χ1n) is 10.6. The molecule has 1 fully saturated rings. The van der Waals surface area contributed by atoms with Gasteiger partial charge in [0.1, 0.15) is 5.70 Å². The highest BCUT2D eigenvalue weighted by atomic mass is 32.1. The van der Waals surface area contributed by atoms with Crippen LogP contribution in [0.4, 0.5) is 5.69 Å². The van der Waals surface area contributed by atoms with E-state index in [9.17, 15) is 9.59 Å². The van der Waals surface area contributed by atoms with E-state index in [0.717, 1.165) is 50.1 Å². The van der Waals surface area contributed by atoms with Crippen LogP contribution >= 0.6 is 11.3 Å². The second-order valence-electron chi connectivity index (χ2n) is 8.09. The highest BCUT2D eigenvalue weighted by Crippen LogP contribution is 2.37. The number of aryl methyl sites for hydroxylation is 1. The van der Waals surface area contributed by atoms with Gasteiger partial charge in [-0.2, -0.15) is 0 Å². The number of likely N-dealkylation sites (tertiary alicyclic amines) is 1. The van der Waals surface area contributed by atoms with Crippen molar-refractivity contribution in [2.75, 3.05) is 18.0 Å². The number of carbonyl (C=O) groups excluding carboxylic acids is 2. The van der Waals surface area contributed by atoms with Crippen molar-refractivity contribution in [1.29, 1.82) is 0 Å². The van der Waals surface area contributed by atoms with E-state index in [0.29, 0.717) is 22.9 Å². The molecule has 0 bridgehead atoms. The lowest BCUT2D eigenvalue weighted by molar-refractivity contribution is -0.120. The number of benzene rings is 1. The molecule has 1 aromatic carbocycles. The number of hydrogen-bond acceptors (Lipinski definition) is 4. The maximum atomic E-state index is 13.5. The molecule has 2 aliphatic heterocycles. The number of piperidine rings is 1. The zero-order valence-electron chi connectivity index (χ0n) is 17.2. The number of hydrogen-bond donors (Lipinski definition) is 0. The Morgan fingerprint density at radius 1 is 1.03 bits per heavy atom. The number of carbonyl (C=O) groups is 2. The van der Waals surface area contributed by atoms with Crippen molar-refractivity contribution in [3.63, 3.8) is 0 Å². The van der Waals surface area contributed by atoms with Crippen LogP contribution in [0.3, 0.4) is 0 Å². The quantitative estimate of drug-likeness (QED) is 0.624. The van der Waals surface area contributed by atoms with Crippen LogP contribution < -0.4 is 4.90 Å². The van der Waals surface area contributed by atoms with E-state index in [-0.39, 0.29) is 11.8 Å². The molecule has 0 saturated carbocycles. The number of rotatable bonds is 6. The lowest BCUT2D eigenvalue weighted by Crippen LogP contribution is -2.38. The molecule has 1 saturated heterocycles. The summed E-state index contributed by atoms with van der Waals surface area (Å²) >= 11 is 1.52. The minimum atomic E-state index is -0.201. The molecule has 2 aromatic rings. The molecule has 2 amide bonds. The van der Waals surface area contributed by atoms with E-state index < -0.39 is 0 Å². The number of anilines is 1. The summed E-state index contributed by atoms with van der Waals surface area (Å²) in [7, 11) is 0. The van der Waals surface area contributed by atoms with E-state index in [1.165, 1.54) is 21.8 Å². The SMILES string of the molecule is CCCCc1ccc(N2C(=O)C(c3cccs3)=C(N3CCC(C)CC3)C2=O)cc1. The maximum absolute atomic E-state index is 13.5. The Hall–Kier alpha value is -2.40. The Morgan fingerprint density at radius 3 is 2.38 bits per heavy atom. The summed E-state index contributed by atoms with van der Waals surface area (Å²) in [5.74, 6) is 0.276. The predicted octanol–water partition coefficient (Wildman–Crippen LogP) is 5.11. The molecule has 0 spiro atoms. The van der Waals surface area contributed by atoms with Crippen LogP contribution in [-0.2, 0) is 16.0 Å². The van der Waals surface area contributed by atoms with Crippen molar-refractivity contribution in [1.82, 2.24) is 4.90 Å². The van der Waals surface area contributed by atoms with Gasteiger partial charge in [-0.1, -0.05) is 38.5 Å². The van der Waals surface area contributed by atoms with Crippen molar-refractivity contribution in [3.05, 3.63) is 57.9 Å². The molecule has 0 atom stereocenters. The van der Waals surface area contributed by atoms with Crippen molar-refractivity contribution < 1.29 is 9.59 Å². The van der Waals surface area contributed by atoms with Crippen molar-refractivity contribution in [3.8, 4) is 0 Å². The van der Waals surface area contributed by atoms with Crippen LogP contribution in [0.15, 0.2) is 47.5 Å². The first-order valence-corrected chi connectivity index (χ1v) is 11.5. The normalized spacial score (nSPS) is 18.3. The molecule has 0 radical (unpaired) electrons. The van der Waals surface area contributed by atoms with Gasteiger partial charge in [-0.3, -0.25) is 9.59 Å². The monoisotopic (exact) mass is 408 g/mol. The average Bonchev–Trinajstić information content (AvgIpc) is 3.34. The lowest BCUT2D eigenvalue weighted by atomic mass is 9.98. The van der Waals surface area contributed by atoms with Crippen LogP contribution in [0.5, 0.6) is 0 Å². The molecule has 0 unspecified atom stereocenters. The summed E-state index contributed by atoms with van der Waals surface area (Å²) < 4.78 is 0. The summed E-state index contributed by atoms with van der Waals surface area (Å²) in [5, 5.41) is 1.96. The fourth-order valence-electron chi connectivity index (χ4n) is 4.11. The number of unbranched alkanes of at least 4 members (excludes halogenated alkanes) is 1. The first kappa shape index (κ1) is 19.9. The predicted molar refractivity (Wildman–Crippen MR) is 119 cm³/mol. The summed E-state index contributed by atoms with van der Waals surface area (Å²) in [4.78, 5) is 31.3. The lowest BCUT2D eigenvalue weighted by Gasteiger charge is -2.32. The van der Waals surface area contributed by atoms with Gasteiger partial charge in [-0.05, 0) is 60.7 Å². The van der Waals surface area contributed by atoms with Crippen LogP contribution in [-0.4, -0.2) is 29.8 Å². The zero-order chi connectivity index (χ0) is 20.4. The highest BCUT2D eigenvalue weighted by molar-refractivity contribution is 7.11. The molecule has 4 nitrogen and oxygen atoms in total. The Labute approximate surface area is 176 Å². The third-order valence-corrected chi connectivity index (χ3v) is 6.83. The summed E-state index contributed by atoms with van der Waals surface area (Å²) in [6.07, 6.45) is 5.41. The number of amides is 2. The fourth-order valence-corrected chi connectivity index (χ4v) is 4.88. The van der Waals surface area contributed by atoms with E-state index in [1.807, 2.05) is 41.8 Å². The molecule has 29 heavy (non-hydrogen) atoms. The standard InChI is InChI=1S/C24H28N2O2S/c1-3-4-6-18-8-10-19(11-9-18)26-23(27)21(20-7-5-16-29-20)22(24(26)28)25-14-12-17(2)13-15-25/h5,7-11,16-17H,3-4,6,12-15H2,1-2H3. The van der Waals surface area contributed by atoms with Gasteiger partial charge in [0.15, 0.2) is 0 Å². The second-order valence-corrected chi connectivity index (χ2v) is 9.03. The van der Waals surface area contributed by atoms with Crippen molar-refractivity contribution >= 4 is 34.4 Å². The van der Waals surface area contributed by atoms with Gasteiger partial charge in [0.25, 0.3) is 11.8 Å². The number of imide groups is 1. The van der Waals surface area contributed by atoms with Gasteiger partial charge in [0, 0.05) is 18.0 Å². The Bertz CT molecular complexity index is 907. The third kappa shape index (κ3) is 3.88. The van der Waals surface area contributed by atoms with Crippen LogP contribution in [0.1, 0.15) is 50.0 Å². The van der Waals surface area contributed by atoms with Gasteiger partial charge in [0.2, 0.25) is 0 Å². The molecular formula is C24H28N2O2S. The largest absolute Gasteiger partial charge is 0.366 e. The topological polar surface area (TPSA) is 40.6 Å². The molecule has 5 heteroatoms. The van der Waals surface area contributed by atoms with Gasteiger partial charge >= 0.3 is 0 Å². The van der Waals surface area contributed by atoms with Gasteiger partial charge in [-0.15, -0.1) is 11.3 Å². The summed E-state index contributed by atoms with van der Waals surface area (Å²) in [5.41, 5.74) is 3.05. The Kier molecular flexibility index (Phi) is 5.86. The highest BCUT2D eigenvalue weighted by Gasteiger charge is 2.43. The summed E-state index contributed by atoms with van der Waals surface area (Å²) in [6, 6.07) is 11.8. The Morgan fingerprint density at radius 2 is 1.76 bits per heavy atom. The smallest absolute Gasteiger partial charge is 0.282 e. The minimum Gasteiger partial charge on any atom is -0.366 e. The third-order valence-electron chi connectivity index (χ3n) is 5.94. The second kappa shape index (κ2) is 8.54. The van der Waals surface area contributed by atoms with E-state index in [2.05, 4.69) is 18.7 Å². The molecule has 152 valence electrons. The van der Waals surface area contributed by atoms with E-state index in [1.54, 1.807) is 0 Å². The van der Waals surface area contributed by atoms with E-state index >= 15 is 0 Å². The van der Waals surface area contributed by atoms with Gasteiger partial charge in [-0.25, -0.2) is 4.90 Å². The first-order chi connectivity index (χ1) is 14.1. The fraction of sp³-hybridized carbons (Fsp3) is 0.417. The minimum absolute atomic E-state index is 0.186. The van der Waals surface area contributed by atoms with Crippen LogP contribution in [0, 0.1) is 5.92 Å². The van der Waals surface area contributed by atoms with Gasteiger partial charge < -0.3 is 4.90 Å². The average molecular weight is 409 g/mol. The molecule has 2 aliphatic rings. The zero-order valence-corrected chi connectivity index (χ0v) is 18.0. The summed E-state index contributed by atoms with van der Waals surface area (Å²) in [6.45, 7) is 6.08. The molecule has 1 aromatic heterocycles. The molecular weight excluding hydrogens is 380 g/mol. The van der Waals surface area contributed by atoms with Crippen LogP contribution in [0.25, 0.3) is 5.57 Å². The van der Waals surface area contributed by atoms with E-state index in [4.69, 9.17) is 0 Å².